The van der Waals surface area contributed by atoms with Crippen LogP contribution in [0.4, 0.5) is 16.3 Å². The van der Waals surface area contributed by atoms with Gasteiger partial charge in [0.15, 0.2) is 5.92 Å². The van der Waals surface area contributed by atoms with Crippen LogP contribution in [0.25, 0.3) is 0 Å². The number of carbonyl (C=O) groups excluding carboxylic acids is 3. The second-order valence-corrected chi connectivity index (χ2v) is 4.45. The molecule has 1 rings (SSSR count). The molecule has 3 N–H and O–H groups in total. The highest BCUT2D eigenvalue weighted by atomic mass is 16.6. The van der Waals surface area contributed by atoms with Gasteiger partial charge in [0.2, 0.25) is 0 Å². The number of hydrogen-bond donors (Lipinski definition) is 2. The third-order valence-electron chi connectivity index (χ3n) is 2.80. The molecule has 0 saturated carbocycles. The third-order valence-corrected chi connectivity index (χ3v) is 2.80. The van der Waals surface area contributed by atoms with E-state index < -0.39 is 23.9 Å². The number of nitrogens with two attached hydrogens (primary N) is 1. The molecular weight excluding hydrogens is 318 g/mol. The second-order valence-electron chi connectivity index (χ2n) is 4.45. The number of nitrogens with zero attached hydrogens (tertiary/aromatic N) is 1. The van der Waals surface area contributed by atoms with Crippen LogP contribution >= 0.6 is 0 Å². The maximum absolute atomic E-state index is 12.0. The van der Waals surface area contributed by atoms with Gasteiger partial charge in [-0.1, -0.05) is 0 Å². The van der Waals surface area contributed by atoms with Crippen LogP contribution in [0.2, 0.25) is 0 Å². The number of pyridine rings is 1. The molecule has 1 aromatic rings. The zero-order valence-corrected chi connectivity index (χ0v) is 13.8. The highest BCUT2D eigenvalue weighted by Crippen LogP contribution is 2.23. The Balaban J connectivity index is 3.07. The lowest BCUT2D eigenvalue weighted by atomic mass is 10.0. The normalized spacial score (nSPS) is 10.2. The van der Waals surface area contributed by atoms with Crippen LogP contribution in [-0.4, -0.2) is 42.8 Å². The van der Waals surface area contributed by atoms with E-state index in [2.05, 4.69) is 10.3 Å². The second kappa shape index (κ2) is 9.33. The maximum Gasteiger partial charge on any atom is 0.411 e. The topological polar surface area (TPSA) is 130 Å². The van der Waals surface area contributed by atoms with Gasteiger partial charge >= 0.3 is 18.0 Å². The molecule has 0 radical (unpaired) electrons. The first kappa shape index (κ1) is 19.2. The molecule has 0 fully saturated rings. The van der Waals surface area contributed by atoms with Gasteiger partial charge in [0.05, 0.1) is 31.2 Å². The highest BCUT2D eigenvalue weighted by molar-refractivity contribution is 6.00. The number of nitrogen functional groups attached to an aromatic ring is 1. The van der Waals surface area contributed by atoms with Crippen molar-refractivity contribution in [2.75, 3.05) is 30.9 Å². The molecule has 0 aliphatic carbocycles. The fraction of sp³-hybridized carbons (Fsp3) is 0.467. The van der Waals surface area contributed by atoms with Gasteiger partial charge in [-0.3, -0.25) is 14.9 Å². The van der Waals surface area contributed by atoms with Gasteiger partial charge in [-0.05, 0) is 32.9 Å². The van der Waals surface area contributed by atoms with Crippen LogP contribution in [0.3, 0.4) is 0 Å². The Labute approximate surface area is 139 Å². The van der Waals surface area contributed by atoms with E-state index in [4.69, 9.17) is 19.9 Å². The molecule has 0 spiro atoms. The summed E-state index contributed by atoms with van der Waals surface area (Å²) < 4.78 is 14.5. The SMILES string of the molecule is CCOC(=O)Nc1ccc(C(C(=O)OCC)C(=O)OCC)nc1N. The number of esters is 2. The van der Waals surface area contributed by atoms with Crippen molar-refractivity contribution < 1.29 is 28.6 Å². The monoisotopic (exact) mass is 339 g/mol. The van der Waals surface area contributed by atoms with Gasteiger partial charge in [0, 0.05) is 0 Å². The molecule has 0 saturated heterocycles. The van der Waals surface area contributed by atoms with Crippen molar-refractivity contribution in [3.8, 4) is 0 Å². The van der Waals surface area contributed by atoms with Crippen molar-refractivity contribution in [1.29, 1.82) is 0 Å². The molecule has 9 nitrogen and oxygen atoms in total. The number of anilines is 2. The third kappa shape index (κ3) is 5.11. The van der Waals surface area contributed by atoms with Crippen molar-refractivity contribution in [2.24, 2.45) is 0 Å². The van der Waals surface area contributed by atoms with E-state index in [1.54, 1.807) is 20.8 Å². The molecular formula is C15H21N3O6. The van der Waals surface area contributed by atoms with E-state index in [1.165, 1.54) is 12.1 Å². The summed E-state index contributed by atoms with van der Waals surface area (Å²) in [6.07, 6.45) is -0.689. The van der Waals surface area contributed by atoms with Crippen molar-refractivity contribution in [1.82, 2.24) is 4.98 Å². The quantitative estimate of drug-likeness (QED) is 0.433. The molecule has 0 bridgehead atoms. The molecule has 0 aromatic carbocycles. The van der Waals surface area contributed by atoms with Gasteiger partial charge in [0.1, 0.15) is 5.82 Å². The number of hydrogen-bond acceptors (Lipinski definition) is 8. The van der Waals surface area contributed by atoms with E-state index in [1.807, 2.05) is 0 Å². The number of aromatic nitrogens is 1. The summed E-state index contributed by atoms with van der Waals surface area (Å²) in [6, 6.07) is 2.80. The Morgan fingerprint density at radius 3 is 2.04 bits per heavy atom. The zero-order valence-electron chi connectivity index (χ0n) is 13.8. The molecule has 0 aliphatic heterocycles. The highest BCUT2D eigenvalue weighted by Gasteiger charge is 2.33. The molecule has 9 heteroatoms. The van der Waals surface area contributed by atoms with Crippen LogP contribution in [-0.2, 0) is 23.8 Å². The molecule has 1 aromatic heterocycles. The average Bonchev–Trinajstić information content (AvgIpc) is 2.51. The summed E-state index contributed by atoms with van der Waals surface area (Å²) >= 11 is 0. The lowest BCUT2D eigenvalue weighted by Gasteiger charge is -2.15. The number of nitrogens with one attached hydrogen (secondary N) is 1. The van der Waals surface area contributed by atoms with E-state index >= 15 is 0 Å². The van der Waals surface area contributed by atoms with Gasteiger partial charge in [-0.25, -0.2) is 9.78 Å². The summed E-state index contributed by atoms with van der Waals surface area (Å²) in [5, 5.41) is 2.41. The Kier molecular flexibility index (Phi) is 7.47. The summed E-state index contributed by atoms with van der Waals surface area (Å²) in [5.74, 6) is -2.98. The Hall–Kier alpha value is -2.84. The van der Waals surface area contributed by atoms with Crippen LogP contribution in [0.5, 0.6) is 0 Å². The van der Waals surface area contributed by atoms with Gasteiger partial charge in [-0.15, -0.1) is 0 Å². The summed E-state index contributed by atoms with van der Waals surface area (Å²) in [7, 11) is 0. The number of carbonyl (C=O) groups is 3. The Morgan fingerprint density at radius 1 is 1.04 bits per heavy atom. The smallest absolute Gasteiger partial charge is 0.411 e. The van der Waals surface area contributed by atoms with Crippen molar-refractivity contribution in [3.05, 3.63) is 17.8 Å². The maximum atomic E-state index is 12.0. The number of rotatable bonds is 7. The molecule has 0 aliphatic rings. The molecule has 24 heavy (non-hydrogen) atoms. The van der Waals surface area contributed by atoms with Crippen molar-refractivity contribution in [3.63, 3.8) is 0 Å². The van der Waals surface area contributed by atoms with Crippen LogP contribution in [0.15, 0.2) is 12.1 Å². The van der Waals surface area contributed by atoms with Crippen molar-refractivity contribution >= 4 is 29.5 Å². The Morgan fingerprint density at radius 2 is 1.58 bits per heavy atom. The molecule has 0 atom stereocenters. The van der Waals surface area contributed by atoms with Crippen LogP contribution in [0.1, 0.15) is 32.4 Å². The zero-order chi connectivity index (χ0) is 18.1. The van der Waals surface area contributed by atoms with E-state index in [9.17, 15) is 14.4 Å². The number of amides is 1. The van der Waals surface area contributed by atoms with Crippen LogP contribution in [0, 0.1) is 0 Å². The van der Waals surface area contributed by atoms with E-state index in [-0.39, 0.29) is 37.0 Å². The minimum absolute atomic E-state index is 0.0683. The summed E-state index contributed by atoms with van der Waals surface area (Å²) in [5.41, 5.74) is 6.03. The lowest BCUT2D eigenvalue weighted by Crippen LogP contribution is -2.27. The minimum atomic E-state index is -1.34. The van der Waals surface area contributed by atoms with E-state index in [0.717, 1.165) is 0 Å². The minimum Gasteiger partial charge on any atom is -0.465 e. The molecule has 132 valence electrons. The summed E-state index contributed by atoms with van der Waals surface area (Å²) in [6.45, 7) is 5.31. The molecule has 0 unspecified atom stereocenters. The Bertz CT molecular complexity index is 587. The van der Waals surface area contributed by atoms with Crippen molar-refractivity contribution in [2.45, 2.75) is 26.7 Å². The fourth-order valence-electron chi connectivity index (χ4n) is 1.82. The standard InChI is InChI=1S/C15H21N3O6/c1-4-22-13(19)11(14(20)23-5-2)9-7-8-10(12(16)17-9)18-15(21)24-6-3/h7-8,11H,4-6H2,1-3H3,(H2,16,17)(H,18,21). The largest absolute Gasteiger partial charge is 0.465 e. The first-order chi connectivity index (χ1) is 11.4. The molecule has 1 amide bonds. The molecule has 1 heterocycles. The van der Waals surface area contributed by atoms with Crippen LogP contribution < -0.4 is 11.1 Å². The van der Waals surface area contributed by atoms with E-state index in [0.29, 0.717) is 0 Å². The first-order valence-corrected chi connectivity index (χ1v) is 7.47. The lowest BCUT2D eigenvalue weighted by molar-refractivity contribution is -0.157. The van der Waals surface area contributed by atoms with Gasteiger partial charge < -0.3 is 19.9 Å². The van der Waals surface area contributed by atoms with Gasteiger partial charge in [0.25, 0.3) is 0 Å². The fourth-order valence-corrected chi connectivity index (χ4v) is 1.82. The average molecular weight is 339 g/mol. The predicted octanol–water partition coefficient (Wildman–Crippen LogP) is 1.44. The summed E-state index contributed by atoms with van der Waals surface area (Å²) in [4.78, 5) is 39.5. The van der Waals surface area contributed by atoms with Gasteiger partial charge in [-0.2, -0.15) is 0 Å². The predicted molar refractivity (Wildman–Crippen MR) is 85.3 cm³/mol. The number of ether oxygens (including phenoxy) is 3. The first-order valence-electron chi connectivity index (χ1n) is 7.47.